The molecule has 3 aromatic rings. The molecule has 0 radical (unpaired) electrons. The van der Waals surface area contributed by atoms with Gasteiger partial charge in [0, 0.05) is 29.0 Å². The van der Waals surface area contributed by atoms with Gasteiger partial charge in [0.25, 0.3) is 0 Å². The first kappa shape index (κ1) is 28.5. The van der Waals surface area contributed by atoms with E-state index in [-0.39, 0.29) is 6.03 Å². The zero-order chi connectivity index (χ0) is 27.3. The van der Waals surface area contributed by atoms with Crippen LogP contribution in [0, 0.1) is 0 Å². The molecule has 3 N–H and O–H groups in total. The van der Waals surface area contributed by atoms with Crippen molar-refractivity contribution in [2.45, 2.75) is 33.2 Å². The van der Waals surface area contributed by atoms with Crippen molar-refractivity contribution in [2.75, 3.05) is 24.2 Å². The average molecular weight is 531 g/mol. The fourth-order valence-electron chi connectivity index (χ4n) is 3.63. The lowest BCUT2D eigenvalue weighted by Crippen LogP contribution is -2.35. The van der Waals surface area contributed by atoms with E-state index in [1.807, 2.05) is 86.7 Å². The lowest BCUT2D eigenvalue weighted by molar-refractivity contribution is 0.209. The van der Waals surface area contributed by atoms with E-state index in [0.29, 0.717) is 37.0 Å². The summed E-state index contributed by atoms with van der Waals surface area (Å²) in [6.45, 7) is 9.33. The Morgan fingerprint density at radius 3 is 2.47 bits per heavy atom. The maximum absolute atomic E-state index is 13.1. The van der Waals surface area contributed by atoms with Gasteiger partial charge in [0.2, 0.25) is 0 Å². The van der Waals surface area contributed by atoms with Crippen LogP contribution >= 0.6 is 11.6 Å². The molecule has 6 nitrogen and oxygen atoms in total. The minimum Gasteiger partial charge on any atom is -0.494 e. The Balaban J connectivity index is 0.000000494. The molecule has 0 atom stereocenters. The zero-order valence-corrected chi connectivity index (χ0v) is 22.7. The molecule has 0 aliphatic heterocycles. The summed E-state index contributed by atoms with van der Waals surface area (Å²) in [5.74, 6) is 0.768. The van der Waals surface area contributed by atoms with E-state index < -0.39 is 0 Å². The van der Waals surface area contributed by atoms with Crippen molar-refractivity contribution in [3.63, 3.8) is 0 Å². The number of allylic oxidation sites excluding steroid dienone is 2. The van der Waals surface area contributed by atoms with Crippen molar-refractivity contribution in [2.24, 2.45) is 0 Å². The Kier molecular flexibility index (Phi) is 11.0. The molecule has 2 amide bonds. The molecule has 0 unspecified atom stereocenters. The number of ether oxygens (including phenoxy) is 1. The van der Waals surface area contributed by atoms with Crippen LogP contribution in [-0.2, 0) is 6.54 Å². The summed E-state index contributed by atoms with van der Waals surface area (Å²) in [7, 11) is 0. The van der Waals surface area contributed by atoms with Crippen molar-refractivity contribution in [3.8, 4) is 5.75 Å². The highest BCUT2D eigenvalue weighted by molar-refractivity contribution is 6.30. The van der Waals surface area contributed by atoms with E-state index in [9.17, 15) is 4.79 Å². The van der Waals surface area contributed by atoms with Gasteiger partial charge in [0.15, 0.2) is 0 Å². The molecule has 38 heavy (non-hydrogen) atoms. The Hall–Kier alpha value is -4.03. The number of hydrogen-bond donors (Lipinski definition) is 2. The molecule has 1 aromatic heterocycles. The zero-order valence-electron chi connectivity index (χ0n) is 22.0. The smallest absolute Gasteiger partial charge is 0.322 e. The van der Waals surface area contributed by atoms with Crippen molar-refractivity contribution in [1.29, 1.82) is 0 Å². The number of amides is 2. The first-order valence-corrected chi connectivity index (χ1v) is 13.0. The minimum absolute atomic E-state index is 0.202. The van der Waals surface area contributed by atoms with Gasteiger partial charge in [-0.15, -0.1) is 6.58 Å². The van der Waals surface area contributed by atoms with Gasteiger partial charge in [-0.05, 0) is 75.2 Å². The first-order valence-electron chi connectivity index (χ1n) is 12.6. The van der Waals surface area contributed by atoms with E-state index in [2.05, 4.69) is 29.0 Å². The van der Waals surface area contributed by atoms with Gasteiger partial charge in [-0.2, -0.15) is 0 Å². The summed E-state index contributed by atoms with van der Waals surface area (Å²) in [6, 6.07) is 18.6. The van der Waals surface area contributed by atoms with Gasteiger partial charge in [0.1, 0.15) is 10.9 Å². The molecule has 1 aliphatic rings. The summed E-state index contributed by atoms with van der Waals surface area (Å²) in [6.07, 6.45) is 9.71. The Morgan fingerprint density at radius 1 is 1.13 bits per heavy atom. The number of fused-ring (bicyclic) bond motifs is 1. The Morgan fingerprint density at radius 2 is 1.84 bits per heavy atom. The summed E-state index contributed by atoms with van der Waals surface area (Å²) in [5, 5.41) is 3.37. The molecule has 7 heteroatoms. The number of halogens is 1. The number of hydrogen-bond acceptors (Lipinski definition) is 4. The van der Waals surface area contributed by atoms with Crippen LogP contribution in [0.4, 0.5) is 16.2 Å². The van der Waals surface area contributed by atoms with Gasteiger partial charge in [-0.1, -0.05) is 53.6 Å². The van der Waals surface area contributed by atoms with Crippen LogP contribution in [0.1, 0.15) is 43.5 Å². The van der Waals surface area contributed by atoms with Gasteiger partial charge in [-0.25, -0.2) is 9.78 Å². The van der Waals surface area contributed by atoms with Crippen LogP contribution in [0.5, 0.6) is 5.75 Å². The number of aromatic nitrogens is 1. The first-order chi connectivity index (χ1) is 18.4. The van der Waals surface area contributed by atoms with Crippen LogP contribution in [0.2, 0.25) is 5.15 Å². The minimum atomic E-state index is -0.202. The molecule has 0 fully saturated rings. The van der Waals surface area contributed by atoms with Crippen molar-refractivity contribution < 1.29 is 9.53 Å². The fourth-order valence-corrected chi connectivity index (χ4v) is 3.84. The normalized spacial score (nSPS) is 11.4. The van der Waals surface area contributed by atoms with Crippen LogP contribution in [0.3, 0.4) is 0 Å². The molecule has 0 spiro atoms. The second kappa shape index (κ2) is 14.6. The summed E-state index contributed by atoms with van der Waals surface area (Å²) in [5.41, 5.74) is 10.5. The van der Waals surface area contributed by atoms with Crippen LogP contribution in [0.15, 0.2) is 85.0 Å². The number of benzene rings is 2. The van der Waals surface area contributed by atoms with Crippen molar-refractivity contribution in [1.82, 2.24) is 9.88 Å². The molecule has 2 aromatic carbocycles. The molecule has 0 saturated carbocycles. The van der Waals surface area contributed by atoms with Gasteiger partial charge in [0.05, 0.1) is 18.8 Å². The molecule has 1 heterocycles. The number of nitrogens with one attached hydrogen (secondary N) is 1. The number of para-hydroxylation sites is 1. The second-order valence-corrected chi connectivity index (χ2v) is 9.24. The predicted molar refractivity (Wildman–Crippen MR) is 159 cm³/mol. The second-order valence-electron chi connectivity index (χ2n) is 8.88. The molecular weight excluding hydrogens is 496 g/mol. The maximum Gasteiger partial charge on any atom is 0.322 e. The number of nitrogen functional groups attached to an aromatic ring is 1. The largest absolute Gasteiger partial charge is 0.494 e. The number of carbonyl (C=O) groups excluding carboxylic acids is 1. The molecule has 0 saturated heterocycles. The van der Waals surface area contributed by atoms with Crippen LogP contribution in [-0.4, -0.2) is 29.1 Å². The monoisotopic (exact) mass is 530 g/mol. The van der Waals surface area contributed by atoms with Gasteiger partial charge in [-0.3, -0.25) is 0 Å². The fraction of sp³-hybridized carbons (Fsp3) is 0.226. The lowest BCUT2D eigenvalue weighted by Gasteiger charge is -2.24. The topological polar surface area (TPSA) is 80.5 Å². The quantitative estimate of drug-likeness (QED) is 0.176. The Labute approximate surface area is 230 Å². The highest BCUT2D eigenvalue weighted by atomic mass is 35.5. The number of pyridine rings is 1. The molecule has 198 valence electrons. The number of urea groups is 1. The van der Waals surface area contributed by atoms with E-state index in [1.165, 1.54) is 0 Å². The molecule has 0 bridgehead atoms. The van der Waals surface area contributed by atoms with E-state index >= 15 is 0 Å². The number of rotatable bonds is 8. The highest BCUT2D eigenvalue weighted by Gasteiger charge is 2.18. The van der Waals surface area contributed by atoms with Crippen LogP contribution in [0.25, 0.3) is 12.2 Å². The van der Waals surface area contributed by atoms with Gasteiger partial charge >= 0.3 is 6.03 Å². The SMILES string of the molecule is C=C(C)CCN(Cc1cc2c(nc1Cl)C=CCC=C2)C(=O)Nc1ccc(OCC)cc1.Nc1ccccc1. The summed E-state index contributed by atoms with van der Waals surface area (Å²) in [4.78, 5) is 19.3. The summed E-state index contributed by atoms with van der Waals surface area (Å²) < 4.78 is 5.46. The van der Waals surface area contributed by atoms with Gasteiger partial charge < -0.3 is 20.7 Å². The Bertz CT molecular complexity index is 1270. The number of anilines is 2. The standard InChI is InChI=1S/C25H28ClN3O2.C6H7N/c1-4-31-22-12-10-21(11-13-22)27-25(30)29(15-14-18(2)3)17-20-16-19-8-6-5-7-9-23(19)28-24(20)26;7-6-4-2-1-3-5-6/h6-13,16H,2,4-5,14-15,17H2,1,3H3,(H,27,30);1-5H,7H2. The summed E-state index contributed by atoms with van der Waals surface area (Å²) >= 11 is 6.47. The third-order valence-corrected chi connectivity index (χ3v) is 5.95. The predicted octanol–water partition coefficient (Wildman–Crippen LogP) is 7.83. The lowest BCUT2D eigenvalue weighted by atomic mass is 10.1. The highest BCUT2D eigenvalue weighted by Crippen LogP contribution is 2.24. The maximum atomic E-state index is 13.1. The van der Waals surface area contributed by atoms with Crippen molar-refractivity contribution >= 4 is 41.2 Å². The molecule has 4 rings (SSSR count). The van der Waals surface area contributed by atoms with Crippen molar-refractivity contribution in [3.05, 3.63) is 107 Å². The van der Waals surface area contributed by atoms with E-state index in [0.717, 1.165) is 40.3 Å². The van der Waals surface area contributed by atoms with E-state index in [4.69, 9.17) is 22.1 Å². The third-order valence-electron chi connectivity index (χ3n) is 5.63. The molecular formula is C31H35ClN4O2. The molecule has 1 aliphatic carbocycles. The number of nitrogens with zero attached hydrogens (tertiary/aromatic N) is 2. The number of carbonyl (C=O) groups is 1. The third kappa shape index (κ3) is 9.12. The number of nitrogens with two attached hydrogens (primary N) is 1. The van der Waals surface area contributed by atoms with Crippen LogP contribution < -0.4 is 15.8 Å². The van der Waals surface area contributed by atoms with E-state index in [1.54, 1.807) is 4.90 Å². The average Bonchev–Trinajstić information content (AvgIpc) is 3.13.